The van der Waals surface area contributed by atoms with E-state index in [-0.39, 0.29) is 5.69 Å². The van der Waals surface area contributed by atoms with E-state index >= 15 is 0 Å². The number of carbonyl (C=O) groups excluding carboxylic acids is 2. The van der Waals surface area contributed by atoms with Gasteiger partial charge in [0, 0.05) is 28.2 Å². The molecular formula is C13H16F3N3O2. The van der Waals surface area contributed by atoms with Crippen molar-refractivity contribution < 1.29 is 22.8 Å². The van der Waals surface area contributed by atoms with Crippen LogP contribution < -0.4 is 4.90 Å². The highest BCUT2D eigenvalue weighted by molar-refractivity contribution is 6.13. The summed E-state index contributed by atoms with van der Waals surface area (Å²) >= 11 is 0. The topological polar surface area (TPSA) is 43.9 Å². The van der Waals surface area contributed by atoms with E-state index in [1.807, 2.05) is 0 Å². The van der Waals surface area contributed by atoms with Crippen LogP contribution in [0.3, 0.4) is 0 Å². The first kappa shape index (κ1) is 16.8. The van der Waals surface area contributed by atoms with Crippen LogP contribution in [0.15, 0.2) is 24.3 Å². The van der Waals surface area contributed by atoms with Gasteiger partial charge in [-0.25, -0.2) is 14.5 Å². The maximum Gasteiger partial charge on any atom is 0.416 e. The predicted octanol–water partition coefficient (Wildman–Crippen LogP) is 2.88. The Morgan fingerprint density at radius 1 is 0.952 bits per heavy atom. The molecule has 1 aromatic carbocycles. The van der Waals surface area contributed by atoms with Crippen LogP contribution in [0, 0.1) is 0 Å². The van der Waals surface area contributed by atoms with Crippen LogP contribution in [-0.4, -0.2) is 50.1 Å². The van der Waals surface area contributed by atoms with E-state index in [1.165, 1.54) is 34.3 Å². The van der Waals surface area contributed by atoms with Crippen LogP contribution in [-0.2, 0) is 6.18 Å². The zero-order valence-electron chi connectivity index (χ0n) is 12.1. The van der Waals surface area contributed by atoms with Gasteiger partial charge in [0.05, 0.1) is 11.3 Å². The normalized spacial score (nSPS) is 11.0. The Morgan fingerprint density at radius 2 is 1.43 bits per heavy atom. The quantitative estimate of drug-likeness (QED) is 0.800. The summed E-state index contributed by atoms with van der Waals surface area (Å²) in [7, 11) is 5.63. The van der Waals surface area contributed by atoms with Crippen molar-refractivity contribution in [2.45, 2.75) is 6.18 Å². The second-order valence-corrected chi connectivity index (χ2v) is 4.74. The van der Waals surface area contributed by atoms with E-state index in [0.717, 1.165) is 28.0 Å². The minimum Gasteiger partial charge on any atom is -0.330 e. The highest BCUT2D eigenvalue weighted by Crippen LogP contribution is 2.32. The third-order valence-electron chi connectivity index (χ3n) is 2.58. The van der Waals surface area contributed by atoms with Gasteiger partial charge in [-0.1, -0.05) is 6.07 Å². The number of benzene rings is 1. The van der Waals surface area contributed by atoms with Gasteiger partial charge in [0.25, 0.3) is 0 Å². The minimum atomic E-state index is -4.55. The van der Waals surface area contributed by atoms with Crippen LogP contribution in [0.4, 0.5) is 28.4 Å². The molecule has 0 spiro atoms. The van der Waals surface area contributed by atoms with Crippen LogP contribution >= 0.6 is 0 Å². The molecule has 8 heteroatoms. The molecule has 0 aliphatic carbocycles. The van der Waals surface area contributed by atoms with Gasteiger partial charge in [0.15, 0.2) is 0 Å². The molecule has 0 aromatic heterocycles. The van der Waals surface area contributed by atoms with Crippen molar-refractivity contribution in [1.29, 1.82) is 0 Å². The summed E-state index contributed by atoms with van der Waals surface area (Å²) in [5.41, 5.74) is -1.06. The second kappa shape index (κ2) is 6.02. The van der Waals surface area contributed by atoms with Gasteiger partial charge >= 0.3 is 18.2 Å². The Balaban J connectivity index is 3.33. The molecular weight excluding hydrogens is 287 g/mol. The Morgan fingerprint density at radius 3 is 1.81 bits per heavy atom. The number of nitrogens with zero attached hydrogens (tertiary/aromatic N) is 3. The number of hydrogen-bond donors (Lipinski definition) is 0. The first-order valence-electron chi connectivity index (χ1n) is 5.95. The van der Waals surface area contributed by atoms with Crippen LogP contribution in [0.2, 0.25) is 0 Å². The molecule has 0 saturated heterocycles. The van der Waals surface area contributed by atoms with E-state index < -0.39 is 23.8 Å². The number of carbonyl (C=O) groups is 2. The average molecular weight is 303 g/mol. The first-order valence-corrected chi connectivity index (χ1v) is 5.95. The van der Waals surface area contributed by atoms with Gasteiger partial charge in [-0.05, 0) is 18.2 Å². The van der Waals surface area contributed by atoms with Gasteiger partial charge in [-0.15, -0.1) is 0 Å². The van der Waals surface area contributed by atoms with Crippen molar-refractivity contribution in [3.8, 4) is 0 Å². The lowest BCUT2D eigenvalue weighted by atomic mass is 10.2. The van der Waals surface area contributed by atoms with Crippen molar-refractivity contribution in [1.82, 2.24) is 9.80 Å². The fourth-order valence-corrected chi connectivity index (χ4v) is 1.52. The number of rotatable bonds is 1. The highest BCUT2D eigenvalue weighted by Gasteiger charge is 2.33. The third-order valence-corrected chi connectivity index (χ3v) is 2.58. The van der Waals surface area contributed by atoms with Crippen LogP contribution in [0.25, 0.3) is 0 Å². The van der Waals surface area contributed by atoms with Gasteiger partial charge < -0.3 is 9.80 Å². The monoisotopic (exact) mass is 303 g/mol. The number of alkyl halides is 3. The Bertz CT molecular complexity index is 522. The van der Waals surface area contributed by atoms with Crippen LogP contribution in [0.5, 0.6) is 0 Å². The lowest BCUT2D eigenvalue weighted by molar-refractivity contribution is -0.137. The third kappa shape index (κ3) is 3.87. The van der Waals surface area contributed by atoms with E-state index in [9.17, 15) is 22.8 Å². The molecule has 0 radical (unpaired) electrons. The molecule has 0 fully saturated rings. The summed E-state index contributed by atoms with van der Waals surface area (Å²) in [4.78, 5) is 27.1. The maximum absolute atomic E-state index is 12.7. The first-order chi connectivity index (χ1) is 9.55. The average Bonchev–Trinajstić information content (AvgIpc) is 2.37. The molecule has 1 aromatic rings. The summed E-state index contributed by atoms with van der Waals surface area (Å²) < 4.78 is 38.2. The summed E-state index contributed by atoms with van der Waals surface area (Å²) in [6, 6.07) is 2.61. The summed E-state index contributed by atoms with van der Waals surface area (Å²) in [6.07, 6.45) is -4.55. The molecule has 0 aliphatic heterocycles. The standard InChI is InChI=1S/C13H16F3N3O2/c1-17(2)11(20)19(12(21)18(3)4)10-7-5-6-9(8-10)13(14,15)16/h5-8H,1-4H3. The Hall–Kier alpha value is -2.25. The van der Waals surface area contributed by atoms with E-state index in [4.69, 9.17) is 0 Å². The molecule has 4 amide bonds. The number of urea groups is 2. The number of amides is 4. The fraction of sp³-hybridized carbons (Fsp3) is 0.385. The predicted molar refractivity (Wildman–Crippen MR) is 72.1 cm³/mol. The molecule has 0 atom stereocenters. The molecule has 0 aliphatic rings. The zero-order valence-corrected chi connectivity index (χ0v) is 12.1. The van der Waals surface area contributed by atoms with Crippen molar-refractivity contribution in [3.05, 3.63) is 29.8 Å². The molecule has 116 valence electrons. The van der Waals surface area contributed by atoms with Crippen molar-refractivity contribution >= 4 is 17.7 Å². The van der Waals surface area contributed by atoms with Crippen molar-refractivity contribution in [2.75, 3.05) is 33.1 Å². The molecule has 0 bridgehead atoms. The summed E-state index contributed by atoms with van der Waals surface area (Å²) in [5, 5.41) is 0. The number of imide groups is 1. The van der Waals surface area contributed by atoms with Crippen molar-refractivity contribution in [3.63, 3.8) is 0 Å². The molecule has 0 heterocycles. The number of hydrogen-bond acceptors (Lipinski definition) is 2. The SMILES string of the molecule is CN(C)C(=O)N(C(=O)N(C)C)c1cccc(C(F)(F)F)c1. The largest absolute Gasteiger partial charge is 0.416 e. The molecule has 0 N–H and O–H groups in total. The molecule has 21 heavy (non-hydrogen) atoms. The second-order valence-electron chi connectivity index (χ2n) is 4.74. The Labute approximate surface area is 120 Å². The van der Waals surface area contributed by atoms with E-state index in [0.29, 0.717) is 4.90 Å². The summed E-state index contributed by atoms with van der Waals surface area (Å²) in [5.74, 6) is 0. The highest BCUT2D eigenvalue weighted by atomic mass is 19.4. The number of anilines is 1. The maximum atomic E-state index is 12.7. The van der Waals surface area contributed by atoms with E-state index in [2.05, 4.69) is 0 Å². The van der Waals surface area contributed by atoms with Gasteiger partial charge in [-0.3, -0.25) is 0 Å². The van der Waals surface area contributed by atoms with Crippen LogP contribution in [0.1, 0.15) is 5.56 Å². The van der Waals surface area contributed by atoms with E-state index in [1.54, 1.807) is 0 Å². The Kier molecular flexibility index (Phi) is 4.82. The lowest BCUT2D eigenvalue weighted by Gasteiger charge is -2.27. The van der Waals surface area contributed by atoms with Gasteiger partial charge in [0.2, 0.25) is 0 Å². The zero-order chi connectivity index (χ0) is 16.4. The molecule has 1 rings (SSSR count). The fourth-order valence-electron chi connectivity index (χ4n) is 1.52. The van der Waals surface area contributed by atoms with Crippen molar-refractivity contribution in [2.24, 2.45) is 0 Å². The smallest absolute Gasteiger partial charge is 0.330 e. The number of halogens is 3. The summed E-state index contributed by atoms with van der Waals surface area (Å²) in [6.45, 7) is 0. The van der Waals surface area contributed by atoms with Gasteiger partial charge in [0.1, 0.15) is 0 Å². The molecule has 5 nitrogen and oxygen atoms in total. The van der Waals surface area contributed by atoms with Gasteiger partial charge in [-0.2, -0.15) is 13.2 Å². The molecule has 0 unspecified atom stereocenters. The minimum absolute atomic E-state index is 0.137. The lowest BCUT2D eigenvalue weighted by Crippen LogP contribution is -2.48. The molecule has 0 saturated carbocycles.